The van der Waals surface area contributed by atoms with Crippen LogP contribution in [0, 0.1) is 5.92 Å². The summed E-state index contributed by atoms with van der Waals surface area (Å²) in [6.07, 6.45) is 0.127. The van der Waals surface area contributed by atoms with Gasteiger partial charge in [-0.2, -0.15) is 0 Å². The third-order valence-corrected chi connectivity index (χ3v) is 3.41. The molecule has 3 rings (SSSR count). The fourth-order valence-electron chi connectivity index (χ4n) is 2.54. The molecule has 2 aliphatic rings. The van der Waals surface area contributed by atoms with Crippen molar-refractivity contribution in [3.8, 4) is 11.5 Å². The van der Waals surface area contributed by atoms with Crippen molar-refractivity contribution < 1.29 is 14.2 Å². The maximum absolute atomic E-state index is 5.61. The first-order chi connectivity index (χ1) is 8.29. The second-order valence-electron chi connectivity index (χ2n) is 4.60. The van der Waals surface area contributed by atoms with E-state index in [0.717, 1.165) is 29.3 Å². The largest absolute Gasteiger partial charge is 0.486 e. The number of ether oxygens (including phenoxy) is 3. The van der Waals surface area contributed by atoms with Crippen LogP contribution >= 0.6 is 0 Å². The van der Waals surface area contributed by atoms with Gasteiger partial charge in [0.2, 0.25) is 0 Å². The van der Waals surface area contributed by atoms with Crippen LogP contribution in [0.3, 0.4) is 0 Å². The highest BCUT2D eigenvalue weighted by molar-refractivity contribution is 5.63. The molecule has 2 aliphatic heterocycles. The van der Waals surface area contributed by atoms with Crippen LogP contribution in [0.1, 0.15) is 18.6 Å². The summed E-state index contributed by atoms with van der Waals surface area (Å²) in [6, 6.07) is 4.06. The van der Waals surface area contributed by atoms with Crippen molar-refractivity contribution in [1.29, 1.82) is 0 Å². The van der Waals surface area contributed by atoms with Crippen molar-refractivity contribution in [1.82, 2.24) is 0 Å². The van der Waals surface area contributed by atoms with Gasteiger partial charge >= 0.3 is 0 Å². The molecule has 92 valence electrons. The van der Waals surface area contributed by atoms with Gasteiger partial charge in [0, 0.05) is 36.9 Å². The van der Waals surface area contributed by atoms with Gasteiger partial charge in [0.1, 0.15) is 13.2 Å². The number of nitrogens with one attached hydrogen (secondary N) is 1. The van der Waals surface area contributed by atoms with Crippen molar-refractivity contribution in [3.63, 3.8) is 0 Å². The van der Waals surface area contributed by atoms with E-state index in [1.807, 2.05) is 12.1 Å². The monoisotopic (exact) mass is 235 g/mol. The molecule has 0 spiro atoms. The molecule has 0 amide bonds. The van der Waals surface area contributed by atoms with Crippen molar-refractivity contribution in [2.24, 2.45) is 5.92 Å². The Morgan fingerprint density at radius 3 is 2.65 bits per heavy atom. The molecule has 2 atom stereocenters. The van der Waals surface area contributed by atoms with E-state index in [0.29, 0.717) is 19.1 Å². The van der Waals surface area contributed by atoms with Crippen molar-refractivity contribution in [3.05, 3.63) is 17.7 Å². The second kappa shape index (κ2) is 4.11. The van der Waals surface area contributed by atoms with Gasteiger partial charge in [-0.25, -0.2) is 0 Å². The number of methoxy groups -OCH3 is 1. The van der Waals surface area contributed by atoms with Crippen LogP contribution in [-0.4, -0.2) is 26.9 Å². The molecular formula is C13H17NO3. The highest BCUT2D eigenvalue weighted by Gasteiger charge is 2.28. The zero-order valence-corrected chi connectivity index (χ0v) is 10.2. The number of rotatable bonds is 1. The Morgan fingerprint density at radius 2 is 1.94 bits per heavy atom. The Hall–Kier alpha value is -1.42. The summed E-state index contributed by atoms with van der Waals surface area (Å²) < 4.78 is 16.8. The van der Waals surface area contributed by atoms with E-state index in [1.165, 1.54) is 0 Å². The summed E-state index contributed by atoms with van der Waals surface area (Å²) in [4.78, 5) is 0. The number of fused-ring (bicyclic) bond motifs is 2. The molecule has 2 unspecified atom stereocenters. The van der Waals surface area contributed by atoms with Crippen LogP contribution in [0.15, 0.2) is 12.1 Å². The van der Waals surface area contributed by atoms with Gasteiger partial charge in [0.05, 0.1) is 6.10 Å². The minimum absolute atomic E-state index is 0.127. The van der Waals surface area contributed by atoms with E-state index in [-0.39, 0.29) is 6.10 Å². The Kier molecular flexibility index (Phi) is 2.59. The molecular weight excluding hydrogens is 218 g/mol. The quantitative estimate of drug-likeness (QED) is 0.810. The minimum Gasteiger partial charge on any atom is -0.486 e. The normalized spacial score (nSPS) is 26.0. The van der Waals surface area contributed by atoms with Gasteiger partial charge in [-0.3, -0.25) is 0 Å². The maximum atomic E-state index is 5.61. The van der Waals surface area contributed by atoms with Gasteiger partial charge in [-0.1, -0.05) is 6.92 Å². The molecule has 0 radical (unpaired) electrons. The lowest BCUT2D eigenvalue weighted by Crippen LogP contribution is -2.27. The van der Waals surface area contributed by atoms with Gasteiger partial charge in [-0.05, 0) is 6.07 Å². The summed E-state index contributed by atoms with van der Waals surface area (Å²) in [7, 11) is 1.76. The van der Waals surface area contributed by atoms with Crippen molar-refractivity contribution in [2.75, 3.05) is 32.2 Å². The predicted molar refractivity (Wildman–Crippen MR) is 64.8 cm³/mol. The van der Waals surface area contributed by atoms with Gasteiger partial charge in [-0.15, -0.1) is 0 Å². The van der Waals surface area contributed by atoms with Gasteiger partial charge < -0.3 is 19.5 Å². The molecule has 0 bridgehead atoms. The average Bonchev–Trinajstić information content (AvgIpc) is 2.36. The molecule has 1 aromatic carbocycles. The van der Waals surface area contributed by atoms with Crippen LogP contribution in [0.4, 0.5) is 5.69 Å². The van der Waals surface area contributed by atoms with E-state index < -0.39 is 0 Å². The summed E-state index contributed by atoms with van der Waals surface area (Å²) in [6.45, 7) is 4.34. The fourth-order valence-corrected chi connectivity index (χ4v) is 2.54. The first kappa shape index (κ1) is 10.7. The second-order valence-corrected chi connectivity index (χ2v) is 4.60. The lowest BCUT2D eigenvalue weighted by Gasteiger charge is -2.32. The number of hydrogen-bond acceptors (Lipinski definition) is 4. The molecule has 1 aromatic rings. The number of anilines is 1. The zero-order chi connectivity index (χ0) is 11.8. The van der Waals surface area contributed by atoms with Crippen LogP contribution in [0.2, 0.25) is 0 Å². The van der Waals surface area contributed by atoms with Crippen LogP contribution in [0.25, 0.3) is 0 Å². The van der Waals surface area contributed by atoms with Crippen LogP contribution in [-0.2, 0) is 4.74 Å². The molecule has 0 saturated heterocycles. The molecule has 0 aromatic heterocycles. The Morgan fingerprint density at radius 1 is 1.24 bits per heavy atom. The summed E-state index contributed by atoms with van der Waals surface area (Å²) in [5.41, 5.74) is 2.26. The summed E-state index contributed by atoms with van der Waals surface area (Å²) >= 11 is 0. The SMILES string of the molecule is COC1c2cc3c(cc2NCC1C)OCCO3. The lowest BCUT2D eigenvalue weighted by molar-refractivity contribution is 0.0590. The highest BCUT2D eigenvalue weighted by atomic mass is 16.6. The first-order valence-electron chi connectivity index (χ1n) is 6.00. The van der Waals surface area contributed by atoms with Gasteiger partial charge in [0.25, 0.3) is 0 Å². The molecule has 2 heterocycles. The summed E-state index contributed by atoms with van der Waals surface area (Å²) in [5.74, 6) is 2.11. The van der Waals surface area contributed by atoms with Crippen LogP contribution in [0.5, 0.6) is 11.5 Å². The predicted octanol–water partition coefficient (Wildman–Crippen LogP) is 2.21. The third kappa shape index (κ3) is 1.72. The standard InChI is InChI=1S/C13H17NO3/c1-8-7-14-10-6-12-11(16-3-4-17-12)5-9(10)13(8)15-2/h5-6,8,13-14H,3-4,7H2,1-2H3. The zero-order valence-electron chi connectivity index (χ0n) is 10.2. The third-order valence-electron chi connectivity index (χ3n) is 3.41. The molecule has 1 N–H and O–H groups in total. The lowest BCUT2D eigenvalue weighted by atomic mass is 9.91. The van der Waals surface area contributed by atoms with Gasteiger partial charge in [0.15, 0.2) is 11.5 Å². The topological polar surface area (TPSA) is 39.7 Å². The Bertz CT molecular complexity index is 433. The van der Waals surface area contributed by atoms with E-state index in [2.05, 4.69) is 12.2 Å². The molecule has 4 nitrogen and oxygen atoms in total. The average molecular weight is 235 g/mol. The van der Waals surface area contributed by atoms with E-state index in [9.17, 15) is 0 Å². The first-order valence-corrected chi connectivity index (χ1v) is 6.00. The van der Waals surface area contributed by atoms with Crippen molar-refractivity contribution in [2.45, 2.75) is 13.0 Å². The highest BCUT2D eigenvalue weighted by Crippen LogP contribution is 2.43. The smallest absolute Gasteiger partial charge is 0.163 e. The number of benzene rings is 1. The molecule has 0 fully saturated rings. The maximum Gasteiger partial charge on any atom is 0.163 e. The van der Waals surface area contributed by atoms with Crippen LogP contribution < -0.4 is 14.8 Å². The fraction of sp³-hybridized carbons (Fsp3) is 0.538. The van der Waals surface area contributed by atoms with E-state index in [4.69, 9.17) is 14.2 Å². The Labute approximate surface area is 101 Å². The Balaban J connectivity index is 2.05. The van der Waals surface area contributed by atoms with E-state index >= 15 is 0 Å². The molecule has 4 heteroatoms. The van der Waals surface area contributed by atoms with E-state index in [1.54, 1.807) is 7.11 Å². The summed E-state index contributed by atoms with van der Waals surface area (Å²) in [5, 5.41) is 3.41. The van der Waals surface area contributed by atoms with Crippen molar-refractivity contribution >= 4 is 5.69 Å². The minimum atomic E-state index is 0.127. The molecule has 17 heavy (non-hydrogen) atoms. The molecule has 0 saturated carbocycles. The molecule has 0 aliphatic carbocycles. The number of hydrogen-bond donors (Lipinski definition) is 1.